The monoisotopic (exact) mass is 383 g/mol. The first-order chi connectivity index (χ1) is 13.6. The van der Waals surface area contributed by atoms with Crippen LogP contribution in [0.15, 0.2) is 42.5 Å². The van der Waals surface area contributed by atoms with Gasteiger partial charge in [0.2, 0.25) is 0 Å². The van der Waals surface area contributed by atoms with Crippen molar-refractivity contribution in [3.8, 4) is 11.5 Å². The molecule has 0 bridgehead atoms. The van der Waals surface area contributed by atoms with E-state index in [1.807, 2.05) is 23.1 Å². The predicted molar refractivity (Wildman–Crippen MR) is 110 cm³/mol. The Labute approximate surface area is 167 Å². The number of hydrogen-bond donors (Lipinski definition) is 1. The Morgan fingerprint density at radius 3 is 2.36 bits per heavy atom. The average molecular weight is 383 g/mol. The van der Waals surface area contributed by atoms with Gasteiger partial charge in [0.1, 0.15) is 11.5 Å². The van der Waals surface area contributed by atoms with E-state index in [0.29, 0.717) is 19.6 Å². The molecular formula is C22H29N3O3. The van der Waals surface area contributed by atoms with Crippen LogP contribution in [-0.4, -0.2) is 56.2 Å². The van der Waals surface area contributed by atoms with Crippen LogP contribution in [-0.2, 0) is 13.1 Å². The van der Waals surface area contributed by atoms with Gasteiger partial charge in [0, 0.05) is 44.8 Å². The molecule has 0 aliphatic carbocycles. The van der Waals surface area contributed by atoms with Crippen LogP contribution in [0.1, 0.15) is 16.7 Å². The predicted octanol–water partition coefficient (Wildman–Crippen LogP) is 3.04. The molecule has 28 heavy (non-hydrogen) atoms. The number of ether oxygens (including phenoxy) is 2. The van der Waals surface area contributed by atoms with Crippen molar-refractivity contribution < 1.29 is 14.3 Å². The summed E-state index contributed by atoms with van der Waals surface area (Å²) in [5.41, 5.74) is 3.43. The molecule has 2 aromatic carbocycles. The molecule has 0 saturated carbocycles. The second-order valence-corrected chi connectivity index (χ2v) is 7.09. The summed E-state index contributed by atoms with van der Waals surface area (Å²) < 4.78 is 10.8. The van der Waals surface area contributed by atoms with Crippen LogP contribution in [0.25, 0.3) is 0 Å². The number of hydrogen-bond acceptors (Lipinski definition) is 4. The van der Waals surface area contributed by atoms with Gasteiger partial charge in [0.15, 0.2) is 0 Å². The molecule has 1 aliphatic heterocycles. The SMILES string of the molecule is COc1ccc(OC)c(CN2CCN(C(=O)NCc3ccc(C)cc3)CC2)c1. The van der Waals surface area contributed by atoms with Gasteiger partial charge in [-0.2, -0.15) is 0 Å². The maximum atomic E-state index is 12.4. The van der Waals surface area contributed by atoms with E-state index in [1.165, 1.54) is 5.56 Å². The van der Waals surface area contributed by atoms with Crippen molar-refractivity contribution in [3.63, 3.8) is 0 Å². The number of carbonyl (C=O) groups excluding carboxylic acids is 1. The van der Waals surface area contributed by atoms with Gasteiger partial charge in [0.25, 0.3) is 0 Å². The van der Waals surface area contributed by atoms with Crippen molar-refractivity contribution in [1.82, 2.24) is 15.1 Å². The first-order valence-electron chi connectivity index (χ1n) is 9.60. The number of benzene rings is 2. The van der Waals surface area contributed by atoms with Gasteiger partial charge in [-0.15, -0.1) is 0 Å². The largest absolute Gasteiger partial charge is 0.497 e. The number of methoxy groups -OCH3 is 2. The van der Waals surface area contributed by atoms with E-state index in [4.69, 9.17) is 9.47 Å². The number of carbonyl (C=O) groups is 1. The van der Waals surface area contributed by atoms with E-state index in [-0.39, 0.29) is 6.03 Å². The van der Waals surface area contributed by atoms with E-state index in [1.54, 1.807) is 14.2 Å². The molecule has 1 fully saturated rings. The van der Waals surface area contributed by atoms with E-state index < -0.39 is 0 Å². The molecule has 1 heterocycles. The fraction of sp³-hybridized carbons (Fsp3) is 0.409. The first kappa shape index (κ1) is 20.0. The molecule has 6 heteroatoms. The summed E-state index contributed by atoms with van der Waals surface area (Å²) in [5.74, 6) is 1.68. The van der Waals surface area contributed by atoms with Gasteiger partial charge < -0.3 is 19.7 Å². The minimum atomic E-state index is -0.000754. The highest BCUT2D eigenvalue weighted by Crippen LogP contribution is 2.25. The van der Waals surface area contributed by atoms with E-state index in [0.717, 1.165) is 42.3 Å². The lowest BCUT2D eigenvalue weighted by Gasteiger charge is -2.35. The molecule has 2 amide bonds. The van der Waals surface area contributed by atoms with Crippen molar-refractivity contribution >= 4 is 6.03 Å². The van der Waals surface area contributed by atoms with Crippen molar-refractivity contribution in [3.05, 3.63) is 59.2 Å². The molecule has 0 unspecified atom stereocenters. The van der Waals surface area contributed by atoms with Crippen LogP contribution in [0.2, 0.25) is 0 Å². The van der Waals surface area contributed by atoms with Gasteiger partial charge in [0.05, 0.1) is 14.2 Å². The van der Waals surface area contributed by atoms with E-state index in [2.05, 4.69) is 41.4 Å². The lowest BCUT2D eigenvalue weighted by molar-refractivity contribution is 0.134. The highest BCUT2D eigenvalue weighted by atomic mass is 16.5. The minimum absolute atomic E-state index is 0.000754. The number of urea groups is 1. The third kappa shape index (κ3) is 5.16. The van der Waals surface area contributed by atoms with Gasteiger partial charge >= 0.3 is 6.03 Å². The Hall–Kier alpha value is -2.73. The lowest BCUT2D eigenvalue weighted by atomic mass is 10.1. The van der Waals surface area contributed by atoms with Crippen LogP contribution < -0.4 is 14.8 Å². The molecule has 0 aromatic heterocycles. The molecule has 150 valence electrons. The van der Waals surface area contributed by atoms with Crippen LogP contribution in [0.3, 0.4) is 0 Å². The maximum absolute atomic E-state index is 12.4. The normalized spacial score (nSPS) is 14.6. The van der Waals surface area contributed by atoms with Crippen molar-refractivity contribution in [2.24, 2.45) is 0 Å². The summed E-state index contributed by atoms with van der Waals surface area (Å²) in [5, 5.41) is 3.02. The molecule has 2 aromatic rings. The van der Waals surface area contributed by atoms with Crippen LogP contribution >= 0.6 is 0 Å². The van der Waals surface area contributed by atoms with Gasteiger partial charge in [-0.1, -0.05) is 29.8 Å². The van der Waals surface area contributed by atoms with E-state index >= 15 is 0 Å². The summed E-state index contributed by atoms with van der Waals surface area (Å²) in [4.78, 5) is 16.7. The fourth-order valence-electron chi connectivity index (χ4n) is 3.35. The topological polar surface area (TPSA) is 54.0 Å². The number of nitrogens with one attached hydrogen (secondary N) is 1. The molecule has 6 nitrogen and oxygen atoms in total. The lowest BCUT2D eigenvalue weighted by Crippen LogP contribution is -2.51. The summed E-state index contributed by atoms with van der Waals surface area (Å²) in [6, 6.07) is 14.1. The zero-order chi connectivity index (χ0) is 19.9. The second-order valence-electron chi connectivity index (χ2n) is 7.09. The quantitative estimate of drug-likeness (QED) is 0.833. The molecule has 0 spiro atoms. The average Bonchev–Trinajstić information content (AvgIpc) is 2.73. The fourth-order valence-corrected chi connectivity index (χ4v) is 3.35. The molecule has 3 rings (SSSR count). The summed E-state index contributed by atoms with van der Waals surface area (Å²) in [6.07, 6.45) is 0. The minimum Gasteiger partial charge on any atom is -0.497 e. The maximum Gasteiger partial charge on any atom is 0.317 e. The Bertz CT molecular complexity index is 784. The first-order valence-corrected chi connectivity index (χ1v) is 9.60. The van der Waals surface area contributed by atoms with Crippen molar-refractivity contribution in [2.75, 3.05) is 40.4 Å². The smallest absolute Gasteiger partial charge is 0.317 e. The zero-order valence-corrected chi connectivity index (χ0v) is 16.9. The summed E-state index contributed by atoms with van der Waals surface area (Å²) in [7, 11) is 3.35. The molecule has 1 aliphatic rings. The highest BCUT2D eigenvalue weighted by molar-refractivity contribution is 5.74. The Morgan fingerprint density at radius 2 is 1.71 bits per heavy atom. The molecule has 1 N–H and O–H groups in total. The number of rotatable bonds is 6. The molecular weight excluding hydrogens is 354 g/mol. The van der Waals surface area contributed by atoms with Gasteiger partial charge in [-0.05, 0) is 30.7 Å². The van der Waals surface area contributed by atoms with Crippen LogP contribution in [0, 0.1) is 6.92 Å². The van der Waals surface area contributed by atoms with Gasteiger partial charge in [-0.25, -0.2) is 4.79 Å². The Balaban J connectivity index is 1.49. The third-order valence-electron chi connectivity index (χ3n) is 5.11. The summed E-state index contributed by atoms with van der Waals surface area (Å²) in [6.45, 7) is 6.48. The third-order valence-corrected chi connectivity index (χ3v) is 5.11. The summed E-state index contributed by atoms with van der Waals surface area (Å²) >= 11 is 0. The number of aryl methyl sites for hydroxylation is 1. The highest BCUT2D eigenvalue weighted by Gasteiger charge is 2.21. The number of amides is 2. The molecule has 1 saturated heterocycles. The standard InChI is InChI=1S/C22H29N3O3/c1-17-4-6-18(7-5-17)15-23-22(26)25-12-10-24(11-13-25)16-19-14-20(27-2)8-9-21(19)28-3/h4-9,14H,10-13,15-16H2,1-3H3,(H,23,26). The van der Waals surface area contributed by atoms with E-state index in [9.17, 15) is 4.79 Å². The van der Waals surface area contributed by atoms with Crippen LogP contribution in [0.4, 0.5) is 4.79 Å². The van der Waals surface area contributed by atoms with Crippen molar-refractivity contribution in [1.29, 1.82) is 0 Å². The number of piperazine rings is 1. The zero-order valence-electron chi connectivity index (χ0n) is 16.9. The Morgan fingerprint density at radius 1 is 1.00 bits per heavy atom. The van der Waals surface area contributed by atoms with Crippen molar-refractivity contribution in [2.45, 2.75) is 20.0 Å². The number of nitrogens with zero attached hydrogens (tertiary/aromatic N) is 2. The van der Waals surface area contributed by atoms with Gasteiger partial charge in [-0.3, -0.25) is 4.90 Å². The Kier molecular flexibility index (Phi) is 6.76. The molecule has 0 radical (unpaired) electrons. The van der Waals surface area contributed by atoms with Crippen LogP contribution in [0.5, 0.6) is 11.5 Å². The second kappa shape index (κ2) is 9.46. The molecule has 0 atom stereocenters.